The zero-order valence-corrected chi connectivity index (χ0v) is 15.3. The highest BCUT2D eigenvalue weighted by Gasteiger charge is 2.16. The minimum atomic E-state index is -0.733. The van der Waals surface area contributed by atoms with Gasteiger partial charge in [0, 0.05) is 41.0 Å². The second kappa shape index (κ2) is 6.48. The molecular weight excluding hydrogens is 340 g/mol. The van der Waals surface area contributed by atoms with Crippen LogP contribution in [0.1, 0.15) is 29.9 Å². The number of nitrogens with one attached hydrogen (secondary N) is 2. The standard InChI is InChI=1S/C17H18N4OS2/c1-10-4-5-13(15-14(10)11(7-18)8-19-15)21-24-16-20-9-12(23-16)6-17(2,3)22/h4-5,8-9,19,21-22H,6H2,1-3H3. The number of nitrogens with zero attached hydrogens (tertiary/aromatic N) is 2. The van der Waals surface area contributed by atoms with Crippen LogP contribution in [0.2, 0.25) is 0 Å². The van der Waals surface area contributed by atoms with E-state index < -0.39 is 5.60 Å². The van der Waals surface area contributed by atoms with Crippen molar-refractivity contribution in [1.29, 1.82) is 5.26 Å². The third-order valence-electron chi connectivity index (χ3n) is 3.55. The van der Waals surface area contributed by atoms with E-state index in [9.17, 15) is 10.4 Å². The lowest BCUT2D eigenvalue weighted by atomic mass is 10.1. The Bertz CT molecular complexity index is 915. The van der Waals surface area contributed by atoms with E-state index in [2.05, 4.69) is 20.8 Å². The third-order valence-corrected chi connectivity index (χ3v) is 5.45. The van der Waals surface area contributed by atoms with Crippen LogP contribution in [-0.2, 0) is 6.42 Å². The highest BCUT2D eigenvalue weighted by Crippen LogP contribution is 2.33. The molecule has 5 nitrogen and oxygen atoms in total. The number of hydrogen-bond acceptors (Lipinski definition) is 6. The third kappa shape index (κ3) is 3.56. The average Bonchev–Trinajstić information content (AvgIpc) is 3.12. The molecule has 0 aliphatic rings. The number of hydrogen-bond donors (Lipinski definition) is 3. The van der Waals surface area contributed by atoms with Crippen LogP contribution in [-0.4, -0.2) is 20.7 Å². The number of aromatic nitrogens is 2. The van der Waals surface area contributed by atoms with E-state index in [-0.39, 0.29) is 0 Å². The van der Waals surface area contributed by atoms with Gasteiger partial charge in [-0.1, -0.05) is 6.07 Å². The highest BCUT2D eigenvalue weighted by atomic mass is 32.2. The quantitative estimate of drug-likeness (QED) is 0.594. The first-order chi connectivity index (χ1) is 11.4. The second-order valence-electron chi connectivity index (χ2n) is 6.28. The molecule has 2 aromatic heterocycles. The SMILES string of the molecule is Cc1ccc(NSc2ncc(CC(C)(C)O)s2)c2[nH]cc(C#N)c12. The van der Waals surface area contributed by atoms with Crippen molar-refractivity contribution in [1.82, 2.24) is 9.97 Å². The Balaban J connectivity index is 1.78. The fourth-order valence-corrected chi connectivity index (χ4v) is 4.48. The summed E-state index contributed by atoms with van der Waals surface area (Å²) in [6.45, 7) is 5.58. The Kier molecular flexibility index (Phi) is 4.54. The minimum Gasteiger partial charge on any atom is -0.390 e. The summed E-state index contributed by atoms with van der Waals surface area (Å²) in [6.07, 6.45) is 4.13. The van der Waals surface area contributed by atoms with Crippen molar-refractivity contribution in [3.05, 3.63) is 40.5 Å². The molecule has 7 heteroatoms. The number of aliphatic hydroxyl groups is 1. The average molecular weight is 358 g/mol. The summed E-state index contributed by atoms with van der Waals surface area (Å²) in [5, 5.41) is 20.1. The molecule has 3 rings (SSSR count). The van der Waals surface area contributed by atoms with Gasteiger partial charge in [-0.15, -0.1) is 11.3 Å². The van der Waals surface area contributed by atoms with Gasteiger partial charge in [0.25, 0.3) is 0 Å². The molecule has 0 atom stereocenters. The number of aromatic amines is 1. The Morgan fingerprint density at radius 1 is 1.46 bits per heavy atom. The largest absolute Gasteiger partial charge is 0.390 e. The van der Waals surface area contributed by atoms with Crippen LogP contribution in [0.25, 0.3) is 10.9 Å². The van der Waals surface area contributed by atoms with Gasteiger partial charge in [0.1, 0.15) is 6.07 Å². The fraction of sp³-hybridized carbons (Fsp3) is 0.294. The van der Waals surface area contributed by atoms with Crippen molar-refractivity contribution in [2.75, 3.05) is 4.72 Å². The molecule has 3 N–H and O–H groups in total. The lowest BCUT2D eigenvalue weighted by Gasteiger charge is -2.14. The van der Waals surface area contributed by atoms with Crippen LogP contribution in [0.3, 0.4) is 0 Å². The van der Waals surface area contributed by atoms with Crippen molar-refractivity contribution in [3.8, 4) is 6.07 Å². The Hall–Kier alpha value is -2.01. The normalized spacial score (nSPS) is 11.6. The van der Waals surface area contributed by atoms with E-state index in [1.807, 2.05) is 19.1 Å². The number of rotatable bonds is 5. The molecule has 0 fully saturated rings. The molecule has 0 saturated heterocycles. The van der Waals surface area contributed by atoms with Crippen molar-refractivity contribution in [2.24, 2.45) is 0 Å². The van der Waals surface area contributed by atoms with E-state index in [1.165, 1.54) is 11.9 Å². The summed E-state index contributed by atoms with van der Waals surface area (Å²) in [5.41, 5.74) is 2.83. The van der Waals surface area contributed by atoms with Crippen molar-refractivity contribution in [2.45, 2.75) is 37.1 Å². The van der Waals surface area contributed by atoms with E-state index in [0.29, 0.717) is 12.0 Å². The molecule has 1 aromatic carbocycles. The number of benzene rings is 1. The maximum absolute atomic E-state index is 9.88. The van der Waals surface area contributed by atoms with Crippen LogP contribution in [0.5, 0.6) is 0 Å². The molecule has 0 unspecified atom stereocenters. The van der Waals surface area contributed by atoms with Gasteiger partial charge in [0.15, 0.2) is 4.34 Å². The summed E-state index contributed by atoms with van der Waals surface area (Å²) >= 11 is 2.99. The smallest absolute Gasteiger partial charge is 0.170 e. The van der Waals surface area contributed by atoms with Crippen molar-refractivity contribution < 1.29 is 5.11 Å². The number of anilines is 1. The molecule has 2 heterocycles. The first-order valence-corrected chi connectivity index (χ1v) is 9.11. The molecule has 124 valence electrons. The van der Waals surface area contributed by atoms with Gasteiger partial charge < -0.3 is 14.8 Å². The van der Waals surface area contributed by atoms with Crippen LogP contribution >= 0.6 is 23.3 Å². The minimum absolute atomic E-state index is 0.585. The van der Waals surface area contributed by atoms with Gasteiger partial charge in [-0.25, -0.2) is 4.98 Å². The van der Waals surface area contributed by atoms with Crippen LogP contribution in [0.4, 0.5) is 5.69 Å². The highest BCUT2D eigenvalue weighted by molar-refractivity contribution is 8.02. The molecule has 0 saturated carbocycles. The first-order valence-electron chi connectivity index (χ1n) is 7.48. The second-order valence-corrected chi connectivity index (χ2v) is 8.45. The molecule has 0 aliphatic heterocycles. The molecule has 0 spiro atoms. The van der Waals surface area contributed by atoms with Crippen LogP contribution in [0, 0.1) is 18.3 Å². The molecule has 24 heavy (non-hydrogen) atoms. The summed E-state index contributed by atoms with van der Waals surface area (Å²) in [4.78, 5) is 8.60. The van der Waals surface area contributed by atoms with Gasteiger partial charge in [-0.2, -0.15) is 5.26 Å². The van der Waals surface area contributed by atoms with E-state index in [0.717, 1.165) is 31.4 Å². The fourth-order valence-electron chi connectivity index (χ4n) is 2.54. The molecule has 0 radical (unpaired) electrons. The Labute approximate surface area is 148 Å². The van der Waals surface area contributed by atoms with Crippen molar-refractivity contribution in [3.63, 3.8) is 0 Å². The Morgan fingerprint density at radius 3 is 2.96 bits per heavy atom. The molecule has 0 bridgehead atoms. The zero-order chi connectivity index (χ0) is 17.3. The number of fused-ring (bicyclic) bond motifs is 1. The summed E-state index contributed by atoms with van der Waals surface area (Å²) in [5.74, 6) is 0. The van der Waals surface area contributed by atoms with Gasteiger partial charge in [0.2, 0.25) is 0 Å². The van der Waals surface area contributed by atoms with Crippen LogP contribution < -0.4 is 4.72 Å². The number of aryl methyl sites for hydroxylation is 1. The maximum atomic E-state index is 9.88. The van der Waals surface area contributed by atoms with Gasteiger partial charge in [-0.05, 0) is 32.4 Å². The Morgan fingerprint density at radius 2 is 2.25 bits per heavy atom. The van der Waals surface area contributed by atoms with E-state index in [4.69, 9.17) is 0 Å². The molecule has 3 aromatic rings. The molecular formula is C17H18N4OS2. The maximum Gasteiger partial charge on any atom is 0.170 e. The van der Waals surface area contributed by atoms with Gasteiger partial charge in [0.05, 0.1) is 22.4 Å². The number of thiazole rings is 1. The molecule has 0 amide bonds. The molecule has 0 aliphatic carbocycles. The lowest BCUT2D eigenvalue weighted by molar-refractivity contribution is 0.0818. The van der Waals surface area contributed by atoms with E-state index >= 15 is 0 Å². The van der Waals surface area contributed by atoms with Gasteiger partial charge >= 0.3 is 0 Å². The summed E-state index contributed by atoms with van der Waals surface area (Å²) in [6, 6.07) is 6.21. The lowest BCUT2D eigenvalue weighted by Crippen LogP contribution is -2.21. The number of H-pyrrole nitrogens is 1. The van der Waals surface area contributed by atoms with E-state index in [1.54, 1.807) is 37.6 Å². The first kappa shape index (κ1) is 16.8. The predicted molar refractivity (Wildman–Crippen MR) is 99.3 cm³/mol. The monoisotopic (exact) mass is 358 g/mol. The predicted octanol–water partition coefficient (Wildman–Crippen LogP) is 4.24. The summed E-state index contributed by atoms with van der Waals surface area (Å²) in [7, 11) is 0. The summed E-state index contributed by atoms with van der Waals surface area (Å²) < 4.78 is 4.19. The van der Waals surface area contributed by atoms with Crippen molar-refractivity contribution >= 4 is 39.9 Å². The van der Waals surface area contributed by atoms with Crippen LogP contribution in [0.15, 0.2) is 28.9 Å². The zero-order valence-electron chi connectivity index (χ0n) is 13.7. The number of nitriles is 1. The van der Waals surface area contributed by atoms with Gasteiger partial charge in [-0.3, -0.25) is 0 Å². The topological polar surface area (TPSA) is 84.7 Å².